The molecular weight excluding hydrogens is 380 g/mol. The van der Waals surface area contributed by atoms with E-state index in [1.54, 1.807) is 12.1 Å². The van der Waals surface area contributed by atoms with Crippen molar-refractivity contribution in [2.75, 3.05) is 6.61 Å². The van der Waals surface area contributed by atoms with Gasteiger partial charge in [0.25, 0.3) is 0 Å². The van der Waals surface area contributed by atoms with Crippen LogP contribution in [0.1, 0.15) is 60.7 Å². The Morgan fingerprint density at radius 3 is 2.13 bits per heavy atom. The van der Waals surface area contributed by atoms with Gasteiger partial charge in [-0.3, -0.25) is 4.79 Å². The third kappa shape index (κ3) is 4.20. The lowest BCUT2D eigenvalue weighted by atomic mass is 9.85. The van der Waals surface area contributed by atoms with Crippen LogP contribution in [-0.2, 0) is 12.8 Å². The Balaban J connectivity index is 2.00. The number of Topliss-reactive ketones (excluding diaryl/α,β-unsaturated/α-hetero) is 1. The predicted octanol–water partition coefficient (Wildman–Crippen LogP) is 5.18. The Morgan fingerprint density at radius 1 is 0.933 bits per heavy atom. The Bertz CT molecular complexity index is 1040. The Labute approximate surface area is 177 Å². The average Bonchev–Trinajstić information content (AvgIpc) is 2.67. The lowest BCUT2D eigenvalue weighted by Crippen LogP contribution is -2.27. The molecule has 0 unspecified atom stereocenters. The molecule has 0 saturated heterocycles. The van der Waals surface area contributed by atoms with Gasteiger partial charge in [-0.1, -0.05) is 29.4 Å². The third-order valence-electron chi connectivity index (χ3n) is 5.31. The van der Waals surface area contributed by atoms with Gasteiger partial charge in [-0.2, -0.15) is 0 Å². The lowest BCUT2D eigenvalue weighted by molar-refractivity contribution is 0.0892. The Kier molecular flexibility index (Phi) is 6.20. The first kappa shape index (κ1) is 21.5. The minimum Gasteiger partial charge on any atom is -0.508 e. The predicted molar refractivity (Wildman–Crippen MR) is 117 cm³/mol. The van der Waals surface area contributed by atoms with Crippen LogP contribution in [0.25, 0.3) is 0 Å². The summed E-state index contributed by atoms with van der Waals surface area (Å²) < 4.78 is 5.93. The maximum Gasteiger partial charge on any atom is 0.177 e. The number of carbonyl (C=O) groups excluding carboxylic acids is 1. The number of benzene rings is 2. The van der Waals surface area contributed by atoms with Gasteiger partial charge in [-0.15, -0.1) is 0 Å². The molecule has 0 spiro atoms. The largest absolute Gasteiger partial charge is 0.508 e. The highest BCUT2D eigenvalue weighted by atomic mass is 16.5. The summed E-state index contributed by atoms with van der Waals surface area (Å²) in [5.41, 5.74) is 3.96. The van der Waals surface area contributed by atoms with Crippen LogP contribution in [0.4, 0.5) is 0 Å². The van der Waals surface area contributed by atoms with Crippen LogP contribution < -0.4 is 4.74 Å². The lowest BCUT2D eigenvalue weighted by Gasteiger charge is -2.27. The second-order valence-electron chi connectivity index (χ2n) is 8.14. The first-order chi connectivity index (χ1) is 14.2. The van der Waals surface area contributed by atoms with Crippen LogP contribution >= 0.6 is 0 Å². The molecule has 2 aromatic rings. The number of ether oxygens (including phenoxy) is 1. The number of phenols is 3. The molecule has 3 N–H and O–H groups in total. The Morgan fingerprint density at radius 2 is 1.50 bits per heavy atom. The molecule has 1 aliphatic rings. The number of hydrogen-bond donors (Lipinski definition) is 3. The molecule has 0 fully saturated rings. The minimum absolute atomic E-state index is 0.00717. The quantitative estimate of drug-likeness (QED) is 0.594. The number of carbonyl (C=O) groups is 1. The van der Waals surface area contributed by atoms with Gasteiger partial charge in [0.1, 0.15) is 29.6 Å². The molecular formula is C25H28O5. The zero-order valence-electron chi connectivity index (χ0n) is 17.8. The summed E-state index contributed by atoms with van der Waals surface area (Å²) in [6.45, 7) is 7.87. The molecule has 0 radical (unpaired) electrons. The Hall–Kier alpha value is -3.21. The van der Waals surface area contributed by atoms with Crippen LogP contribution in [0.3, 0.4) is 0 Å². The molecule has 1 heterocycles. The van der Waals surface area contributed by atoms with Crippen molar-refractivity contribution < 1.29 is 24.9 Å². The molecule has 5 nitrogen and oxygen atoms in total. The molecule has 5 heteroatoms. The zero-order chi connectivity index (χ0) is 22.0. The summed E-state index contributed by atoms with van der Waals surface area (Å²) >= 11 is 0. The van der Waals surface area contributed by atoms with Crippen LogP contribution in [0.15, 0.2) is 47.6 Å². The first-order valence-corrected chi connectivity index (χ1v) is 10.0. The smallest absolute Gasteiger partial charge is 0.177 e. The number of phenolic OH excluding ortho intramolecular Hbond substituents is 3. The van der Waals surface area contributed by atoms with Crippen molar-refractivity contribution in [1.29, 1.82) is 0 Å². The number of hydrogen-bond acceptors (Lipinski definition) is 5. The van der Waals surface area contributed by atoms with Gasteiger partial charge in [0.2, 0.25) is 0 Å². The first-order valence-electron chi connectivity index (χ1n) is 10.0. The second-order valence-corrected chi connectivity index (χ2v) is 8.14. The number of rotatable bonds is 5. The summed E-state index contributed by atoms with van der Waals surface area (Å²) in [7, 11) is 0. The van der Waals surface area contributed by atoms with E-state index >= 15 is 0 Å². The van der Waals surface area contributed by atoms with Gasteiger partial charge >= 0.3 is 0 Å². The van der Waals surface area contributed by atoms with Crippen LogP contribution in [0, 0.1) is 0 Å². The maximum atomic E-state index is 13.3. The van der Waals surface area contributed by atoms with Crippen molar-refractivity contribution in [2.24, 2.45) is 0 Å². The van der Waals surface area contributed by atoms with E-state index in [1.807, 2.05) is 39.8 Å². The summed E-state index contributed by atoms with van der Waals surface area (Å²) in [4.78, 5) is 13.3. The molecule has 1 atom stereocenters. The molecule has 1 aliphatic heterocycles. The highest BCUT2D eigenvalue weighted by Crippen LogP contribution is 2.43. The number of allylic oxidation sites excluding steroid dienone is 4. The van der Waals surface area contributed by atoms with Crippen molar-refractivity contribution >= 4 is 5.78 Å². The monoisotopic (exact) mass is 408 g/mol. The molecule has 3 rings (SSSR count). The maximum absolute atomic E-state index is 13.3. The molecule has 0 aromatic heterocycles. The average molecular weight is 408 g/mol. The fourth-order valence-electron chi connectivity index (χ4n) is 3.57. The van der Waals surface area contributed by atoms with Crippen molar-refractivity contribution in [3.05, 3.63) is 69.8 Å². The number of aromatic hydroxyl groups is 3. The van der Waals surface area contributed by atoms with Gasteiger partial charge in [0.05, 0.1) is 11.5 Å². The van der Waals surface area contributed by atoms with Gasteiger partial charge in [-0.25, -0.2) is 0 Å². The van der Waals surface area contributed by atoms with E-state index in [2.05, 4.69) is 0 Å². The van der Waals surface area contributed by atoms with Crippen LogP contribution in [0.5, 0.6) is 23.0 Å². The van der Waals surface area contributed by atoms with E-state index in [9.17, 15) is 20.1 Å². The van der Waals surface area contributed by atoms with E-state index in [1.165, 1.54) is 12.1 Å². The molecule has 2 aromatic carbocycles. The topological polar surface area (TPSA) is 87.0 Å². The third-order valence-corrected chi connectivity index (χ3v) is 5.31. The number of fused-ring (bicyclic) bond motifs is 1. The summed E-state index contributed by atoms with van der Waals surface area (Å²) in [6, 6.07) is 6.14. The zero-order valence-corrected chi connectivity index (χ0v) is 17.8. The standard InChI is InChI=1S/C25H28O5/c1-14(2)5-7-17-21(26)11-9-16(23(17)28)20-13-30-25-18(8-6-15(3)4)22(27)12-10-19(25)24(20)29/h5-6,9-12,20,26-28H,7-8,13H2,1-4H3/t20-/m0/s1. The van der Waals surface area contributed by atoms with Crippen LogP contribution in [-0.4, -0.2) is 27.7 Å². The van der Waals surface area contributed by atoms with E-state index in [-0.39, 0.29) is 29.6 Å². The van der Waals surface area contributed by atoms with Gasteiger partial charge < -0.3 is 20.1 Å². The highest BCUT2D eigenvalue weighted by molar-refractivity contribution is 6.05. The molecule has 158 valence electrons. The molecule has 0 saturated carbocycles. The summed E-state index contributed by atoms with van der Waals surface area (Å²) in [6.07, 6.45) is 4.71. The normalized spacial score (nSPS) is 15.2. The van der Waals surface area contributed by atoms with Crippen molar-refractivity contribution in [2.45, 2.75) is 46.5 Å². The summed E-state index contributed by atoms with van der Waals surface area (Å²) in [5, 5.41) is 31.3. The van der Waals surface area contributed by atoms with E-state index in [4.69, 9.17) is 4.74 Å². The van der Waals surface area contributed by atoms with Crippen molar-refractivity contribution in [3.8, 4) is 23.0 Å². The molecule has 30 heavy (non-hydrogen) atoms. The van der Waals surface area contributed by atoms with Crippen molar-refractivity contribution in [1.82, 2.24) is 0 Å². The van der Waals surface area contributed by atoms with E-state index in [0.29, 0.717) is 40.8 Å². The fourth-order valence-corrected chi connectivity index (χ4v) is 3.57. The van der Waals surface area contributed by atoms with Crippen molar-refractivity contribution in [3.63, 3.8) is 0 Å². The van der Waals surface area contributed by atoms with Gasteiger partial charge in [0, 0.05) is 16.7 Å². The number of ketones is 1. The molecule has 0 amide bonds. The van der Waals surface area contributed by atoms with Gasteiger partial charge in [-0.05, 0) is 58.7 Å². The summed E-state index contributed by atoms with van der Waals surface area (Å²) in [5.74, 6) is -0.465. The molecule has 0 aliphatic carbocycles. The van der Waals surface area contributed by atoms with Crippen LogP contribution in [0.2, 0.25) is 0 Å². The second kappa shape index (κ2) is 8.66. The highest BCUT2D eigenvalue weighted by Gasteiger charge is 2.34. The SMILES string of the molecule is CC(C)=CCc1c(O)ccc([C@@H]2COc3c(ccc(O)c3CC=C(C)C)C2=O)c1O. The van der Waals surface area contributed by atoms with E-state index in [0.717, 1.165) is 11.1 Å². The molecule has 0 bridgehead atoms. The van der Waals surface area contributed by atoms with E-state index < -0.39 is 5.92 Å². The minimum atomic E-state index is -0.690. The van der Waals surface area contributed by atoms with Gasteiger partial charge in [0.15, 0.2) is 5.78 Å². The fraction of sp³-hybridized carbons (Fsp3) is 0.320.